The Bertz CT molecular complexity index is 1910. The lowest BCUT2D eigenvalue weighted by Gasteiger charge is -2.33. The SMILES string of the molecule is C=Cc1c[n+]2c(c(O)c1C[C@H]1c3[nH]c4ccccc4c3CCN1C)-c1[nH]c3c([C@H]4CCCN4C)c(O)ccc3c1CC2.[Cl-]. The topological polar surface area (TPSA) is 82.4 Å². The van der Waals surface area contributed by atoms with Gasteiger partial charge in [0.1, 0.15) is 11.4 Å². The highest BCUT2D eigenvalue weighted by molar-refractivity contribution is 5.95. The van der Waals surface area contributed by atoms with Crippen LogP contribution in [0.3, 0.4) is 0 Å². The van der Waals surface area contributed by atoms with Gasteiger partial charge in [-0.3, -0.25) is 9.80 Å². The number of pyridine rings is 1. The number of aromatic amines is 2. The van der Waals surface area contributed by atoms with Gasteiger partial charge in [-0.2, -0.15) is 4.57 Å². The summed E-state index contributed by atoms with van der Waals surface area (Å²) in [6, 6.07) is 12.7. The smallest absolute Gasteiger partial charge is 0.271 e. The predicted molar refractivity (Wildman–Crippen MR) is 167 cm³/mol. The Morgan fingerprint density at radius 2 is 1.84 bits per heavy atom. The lowest BCUT2D eigenvalue weighted by molar-refractivity contribution is -0.688. The fraction of sp³-hybridized carbons (Fsp3) is 0.343. The van der Waals surface area contributed by atoms with Gasteiger partial charge in [-0.05, 0) is 75.6 Å². The summed E-state index contributed by atoms with van der Waals surface area (Å²) >= 11 is 0. The summed E-state index contributed by atoms with van der Waals surface area (Å²) in [5.74, 6) is 0.661. The van der Waals surface area contributed by atoms with E-state index in [1.807, 2.05) is 18.2 Å². The van der Waals surface area contributed by atoms with Crippen molar-refractivity contribution in [2.75, 3.05) is 27.2 Å². The minimum absolute atomic E-state index is 0. The maximum atomic E-state index is 12.1. The second-order valence-corrected chi connectivity index (χ2v) is 12.5. The van der Waals surface area contributed by atoms with Crippen molar-refractivity contribution in [3.8, 4) is 22.9 Å². The van der Waals surface area contributed by atoms with Crippen LogP contribution in [0.1, 0.15) is 58.4 Å². The van der Waals surface area contributed by atoms with E-state index in [0.717, 1.165) is 84.3 Å². The molecule has 0 unspecified atom stereocenters. The first kappa shape index (κ1) is 28.0. The van der Waals surface area contributed by atoms with E-state index in [2.05, 4.69) is 75.5 Å². The lowest BCUT2D eigenvalue weighted by atomic mass is 9.90. The quantitative estimate of drug-likeness (QED) is 0.241. The van der Waals surface area contributed by atoms with Crippen LogP contribution < -0.4 is 17.0 Å². The van der Waals surface area contributed by atoms with Gasteiger partial charge in [0.15, 0.2) is 18.5 Å². The molecule has 1 fully saturated rings. The number of hydrogen-bond acceptors (Lipinski definition) is 4. The molecule has 222 valence electrons. The first-order chi connectivity index (χ1) is 20.4. The standard InChI is InChI=1S/C35H37N5O2.ClH/c1-4-20-19-40-17-14-24-22-11-12-29(41)30(27-10-7-15-38(27)2)32(22)37-33(24)34(40)35(42)25(20)18-28-31-23(13-16-39(28)3)21-8-5-6-9-26(21)36-31;/h4-6,8-9,11-12,19,27-28,36H,1,7,10,13-18H2,2-3H3,(H2,37,41,42);1H/t27-,28+;/m1./s1. The number of para-hydroxylation sites is 1. The van der Waals surface area contributed by atoms with Gasteiger partial charge in [-0.15, -0.1) is 0 Å². The summed E-state index contributed by atoms with van der Waals surface area (Å²) in [5.41, 5.74) is 10.7. The van der Waals surface area contributed by atoms with Gasteiger partial charge in [-0.1, -0.05) is 30.9 Å². The molecule has 6 heterocycles. The molecular formula is C35H38ClN5O2. The highest BCUT2D eigenvalue weighted by atomic mass is 35.5. The monoisotopic (exact) mass is 595 g/mol. The Labute approximate surface area is 257 Å². The Morgan fingerprint density at radius 1 is 1.00 bits per heavy atom. The molecule has 0 saturated carbocycles. The number of H-pyrrole nitrogens is 2. The molecule has 8 heteroatoms. The molecule has 5 aromatic rings. The van der Waals surface area contributed by atoms with Crippen LogP contribution >= 0.6 is 0 Å². The number of phenols is 1. The normalized spacial score (nSPS) is 20.1. The van der Waals surface area contributed by atoms with Crippen LogP contribution in [0.15, 0.2) is 49.2 Å². The Hall–Kier alpha value is -3.78. The molecule has 43 heavy (non-hydrogen) atoms. The molecule has 2 atom stereocenters. The van der Waals surface area contributed by atoms with Gasteiger partial charge in [0, 0.05) is 57.7 Å². The number of likely N-dealkylation sites (tertiary alicyclic amines) is 1. The summed E-state index contributed by atoms with van der Waals surface area (Å²) in [6.07, 6.45) is 8.73. The Kier molecular flexibility index (Phi) is 6.80. The number of phenolic OH excluding ortho intramolecular Hbond substituents is 1. The highest BCUT2D eigenvalue weighted by Crippen LogP contribution is 2.46. The zero-order chi connectivity index (χ0) is 28.7. The molecule has 0 radical (unpaired) electrons. The van der Waals surface area contributed by atoms with Gasteiger partial charge in [-0.25, -0.2) is 0 Å². The summed E-state index contributed by atoms with van der Waals surface area (Å²) < 4.78 is 2.17. The number of aryl methyl sites for hydroxylation is 2. The van der Waals surface area contributed by atoms with Crippen LogP contribution in [-0.4, -0.2) is 57.2 Å². The first-order valence-corrected chi connectivity index (χ1v) is 15.2. The Balaban J connectivity index is 0.00000300. The third-order valence-corrected chi connectivity index (χ3v) is 10.3. The summed E-state index contributed by atoms with van der Waals surface area (Å²) in [7, 11) is 4.32. The second-order valence-electron chi connectivity index (χ2n) is 12.5. The van der Waals surface area contributed by atoms with Crippen molar-refractivity contribution in [2.24, 2.45) is 0 Å². The number of likely N-dealkylation sites (N-methyl/N-ethyl adjacent to an activating group) is 1. The highest BCUT2D eigenvalue weighted by Gasteiger charge is 2.37. The first-order valence-electron chi connectivity index (χ1n) is 15.2. The molecule has 3 aliphatic rings. The third kappa shape index (κ3) is 4.13. The van der Waals surface area contributed by atoms with Crippen molar-refractivity contribution in [1.82, 2.24) is 19.8 Å². The fourth-order valence-corrected chi connectivity index (χ4v) is 8.08. The number of fused-ring (bicyclic) bond motifs is 8. The van der Waals surface area contributed by atoms with E-state index in [0.29, 0.717) is 17.9 Å². The number of aromatic hydroxyl groups is 2. The minimum Gasteiger partial charge on any atom is -1.00 e. The molecule has 3 aromatic heterocycles. The van der Waals surface area contributed by atoms with Crippen LogP contribution in [0, 0.1) is 0 Å². The molecule has 4 N–H and O–H groups in total. The molecule has 7 nitrogen and oxygen atoms in total. The third-order valence-electron chi connectivity index (χ3n) is 10.3. The van der Waals surface area contributed by atoms with Crippen molar-refractivity contribution >= 4 is 27.9 Å². The molecule has 0 aliphatic carbocycles. The molecular weight excluding hydrogens is 558 g/mol. The van der Waals surface area contributed by atoms with E-state index >= 15 is 0 Å². The maximum Gasteiger partial charge on any atom is 0.271 e. The summed E-state index contributed by atoms with van der Waals surface area (Å²) in [4.78, 5) is 12.2. The second kappa shape index (κ2) is 10.4. The van der Waals surface area contributed by atoms with E-state index in [-0.39, 0.29) is 24.5 Å². The van der Waals surface area contributed by atoms with Crippen molar-refractivity contribution in [3.05, 3.63) is 82.7 Å². The van der Waals surface area contributed by atoms with Crippen molar-refractivity contribution in [2.45, 2.75) is 50.7 Å². The van der Waals surface area contributed by atoms with Gasteiger partial charge in [0.25, 0.3) is 5.69 Å². The average Bonchev–Trinajstić information content (AvgIpc) is 3.70. The van der Waals surface area contributed by atoms with Gasteiger partial charge in [0.05, 0.1) is 11.6 Å². The predicted octanol–water partition coefficient (Wildman–Crippen LogP) is 2.76. The average molecular weight is 596 g/mol. The van der Waals surface area contributed by atoms with Crippen LogP contribution in [0.25, 0.3) is 39.3 Å². The van der Waals surface area contributed by atoms with Crippen LogP contribution in [0.2, 0.25) is 0 Å². The maximum absolute atomic E-state index is 12.1. The molecule has 0 spiro atoms. The molecule has 1 saturated heterocycles. The number of aromatic nitrogens is 3. The van der Waals surface area contributed by atoms with Crippen LogP contribution in [-0.2, 0) is 25.8 Å². The number of nitrogens with zero attached hydrogens (tertiary/aromatic N) is 3. The number of benzene rings is 2. The van der Waals surface area contributed by atoms with E-state index in [1.165, 1.54) is 27.7 Å². The Morgan fingerprint density at radius 3 is 2.63 bits per heavy atom. The van der Waals surface area contributed by atoms with Crippen molar-refractivity contribution in [1.29, 1.82) is 0 Å². The van der Waals surface area contributed by atoms with E-state index < -0.39 is 0 Å². The van der Waals surface area contributed by atoms with Crippen molar-refractivity contribution in [3.63, 3.8) is 0 Å². The number of nitrogens with one attached hydrogen (secondary N) is 2. The van der Waals surface area contributed by atoms with Gasteiger partial charge in [0.2, 0.25) is 0 Å². The molecule has 2 aromatic carbocycles. The largest absolute Gasteiger partial charge is 1.00 e. The summed E-state index contributed by atoms with van der Waals surface area (Å²) in [6.45, 7) is 6.91. The van der Waals surface area contributed by atoms with E-state index in [9.17, 15) is 10.2 Å². The number of hydrogen-bond donors (Lipinski definition) is 4. The van der Waals surface area contributed by atoms with Gasteiger partial charge >= 0.3 is 0 Å². The molecule has 0 amide bonds. The number of halogens is 1. The molecule has 0 bridgehead atoms. The minimum atomic E-state index is 0. The van der Waals surface area contributed by atoms with E-state index in [1.54, 1.807) is 0 Å². The van der Waals surface area contributed by atoms with Crippen molar-refractivity contribution < 1.29 is 27.2 Å². The van der Waals surface area contributed by atoms with E-state index in [4.69, 9.17) is 0 Å². The summed E-state index contributed by atoms with van der Waals surface area (Å²) in [5, 5.41) is 25.6. The molecule has 8 rings (SSSR count). The van der Waals surface area contributed by atoms with Crippen LogP contribution in [0.4, 0.5) is 0 Å². The zero-order valence-corrected chi connectivity index (χ0v) is 25.5. The molecule has 3 aliphatic heterocycles. The van der Waals surface area contributed by atoms with Crippen LogP contribution in [0.5, 0.6) is 11.5 Å². The number of rotatable bonds is 4. The lowest BCUT2D eigenvalue weighted by Crippen LogP contribution is -3.00. The van der Waals surface area contributed by atoms with Gasteiger partial charge < -0.3 is 32.6 Å². The fourth-order valence-electron chi connectivity index (χ4n) is 8.08. The zero-order valence-electron chi connectivity index (χ0n) is 24.8.